The number of aromatic amines is 1. The highest BCUT2D eigenvalue weighted by molar-refractivity contribution is 8.00. The molecule has 0 fully saturated rings. The van der Waals surface area contributed by atoms with Crippen LogP contribution in [-0.4, -0.2) is 32.4 Å². The maximum absolute atomic E-state index is 12.2. The van der Waals surface area contributed by atoms with E-state index in [1.165, 1.54) is 34.9 Å². The number of thioether (sulfide) groups is 2. The average molecular weight is 391 g/mol. The minimum Gasteiger partial charge on any atom is -0.301 e. The number of nitrogens with one attached hydrogen (secondary N) is 2. The van der Waals surface area contributed by atoms with Crippen LogP contribution < -0.4 is 10.9 Å². The molecule has 9 heteroatoms. The number of fused-ring (bicyclic) bond motifs is 2. The second-order valence-electron chi connectivity index (χ2n) is 5.57. The van der Waals surface area contributed by atoms with Crippen molar-refractivity contribution in [2.24, 2.45) is 0 Å². The van der Waals surface area contributed by atoms with Crippen molar-refractivity contribution in [2.75, 3.05) is 16.8 Å². The molecule has 1 aliphatic heterocycles. The molecule has 128 valence electrons. The standard InChI is InChI=1S/C16H14N4O2S3/c1-8-2-3-9-11(6-8)25-16(17-9)19-12(21)7-24-15-18-10-4-5-23-13(10)14(22)20-15/h2-3,6H,4-5,7H2,1H3,(H,17,19,21)(H,18,20,22). The van der Waals surface area contributed by atoms with Crippen molar-refractivity contribution in [3.63, 3.8) is 0 Å². The van der Waals surface area contributed by atoms with Crippen LogP contribution in [0.15, 0.2) is 33.0 Å². The van der Waals surface area contributed by atoms with Crippen LogP contribution in [0.1, 0.15) is 11.3 Å². The molecule has 0 unspecified atom stereocenters. The van der Waals surface area contributed by atoms with Crippen molar-refractivity contribution in [1.29, 1.82) is 0 Å². The Kier molecular flexibility index (Phi) is 4.53. The molecule has 1 aromatic carbocycles. The number of nitrogens with zero attached hydrogens (tertiary/aromatic N) is 2. The van der Waals surface area contributed by atoms with Gasteiger partial charge in [0.2, 0.25) is 5.91 Å². The first kappa shape index (κ1) is 16.6. The summed E-state index contributed by atoms with van der Waals surface area (Å²) in [6, 6.07) is 6.00. The van der Waals surface area contributed by atoms with Crippen LogP contribution in [-0.2, 0) is 11.2 Å². The molecule has 0 saturated carbocycles. The third-order valence-corrected chi connectivity index (χ3v) is 6.57. The number of hydrogen-bond acceptors (Lipinski definition) is 7. The number of benzene rings is 1. The number of thiazole rings is 1. The van der Waals surface area contributed by atoms with Crippen LogP contribution in [0.5, 0.6) is 0 Å². The molecule has 2 aromatic heterocycles. The molecule has 1 amide bonds. The maximum atomic E-state index is 12.2. The van der Waals surface area contributed by atoms with E-state index in [0.717, 1.165) is 33.6 Å². The lowest BCUT2D eigenvalue weighted by molar-refractivity contribution is -0.113. The second kappa shape index (κ2) is 6.81. The van der Waals surface area contributed by atoms with Gasteiger partial charge in [0.15, 0.2) is 10.3 Å². The highest BCUT2D eigenvalue weighted by Gasteiger charge is 2.18. The molecule has 0 atom stereocenters. The average Bonchev–Trinajstić information content (AvgIpc) is 3.19. The van der Waals surface area contributed by atoms with Crippen LogP contribution >= 0.6 is 34.9 Å². The minimum atomic E-state index is -0.168. The Labute approximate surface area is 155 Å². The Hall–Kier alpha value is -1.84. The first-order chi connectivity index (χ1) is 12.1. The highest BCUT2D eigenvalue weighted by Crippen LogP contribution is 2.28. The summed E-state index contributed by atoms with van der Waals surface area (Å²) < 4.78 is 1.05. The first-order valence-electron chi connectivity index (χ1n) is 7.64. The van der Waals surface area contributed by atoms with Crippen molar-refractivity contribution < 1.29 is 4.79 Å². The van der Waals surface area contributed by atoms with Gasteiger partial charge in [0.05, 0.1) is 26.6 Å². The topological polar surface area (TPSA) is 87.7 Å². The molecule has 25 heavy (non-hydrogen) atoms. The van der Waals surface area contributed by atoms with Gasteiger partial charge < -0.3 is 10.3 Å². The molecule has 4 rings (SSSR count). The molecule has 6 nitrogen and oxygen atoms in total. The quantitative estimate of drug-likeness (QED) is 0.526. The van der Waals surface area contributed by atoms with Crippen molar-refractivity contribution in [3.8, 4) is 0 Å². The number of H-pyrrole nitrogens is 1. The van der Waals surface area contributed by atoms with Crippen LogP contribution in [0, 0.1) is 6.92 Å². The molecule has 1 aliphatic rings. The lowest BCUT2D eigenvalue weighted by Gasteiger charge is -2.03. The predicted octanol–water partition coefficient (Wildman–Crippen LogP) is 3.07. The first-order valence-corrected chi connectivity index (χ1v) is 10.4. The fourth-order valence-electron chi connectivity index (χ4n) is 2.50. The summed E-state index contributed by atoms with van der Waals surface area (Å²) in [6.45, 7) is 2.02. The van der Waals surface area contributed by atoms with Gasteiger partial charge in [-0.25, -0.2) is 9.97 Å². The van der Waals surface area contributed by atoms with E-state index in [-0.39, 0.29) is 17.2 Å². The van der Waals surface area contributed by atoms with E-state index in [1.54, 1.807) is 0 Å². The largest absolute Gasteiger partial charge is 0.301 e. The second-order valence-corrected chi connectivity index (χ2v) is 8.67. The number of aromatic nitrogens is 3. The smallest absolute Gasteiger partial charge is 0.265 e. The number of aryl methyl sites for hydroxylation is 2. The third kappa shape index (κ3) is 3.58. The van der Waals surface area contributed by atoms with E-state index in [0.29, 0.717) is 15.2 Å². The number of amides is 1. The van der Waals surface area contributed by atoms with Crippen molar-refractivity contribution in [2.45, 2.75) is 23.4 Å². The zero-order valence-electron chi connectivity index (χ0n) is 13.3. The molecule has 3 heterocycles. The maximum Gasteiger partial charge on any atom is 0.265 e. The Morgan fingerprint density at radius 3 is 3.16 bits per heavy atom. The summed E-state index contributed by atoms with van der Waals surface area (Å²) in [5.41, 5.74) is 2.75. The zero-order chi connectivity index (χ0) is 17.4. The van der Waals surface area contributed by atoms with E-state index >= 15 is 0 Å². The molecule has 0 spiro atoms. The number of carbonyl (C=O) groups is 1. The van der Waals surface area contributed by atoms with Gasteiger partial charge in [-0.05, 0) is 24.6 Å². The van der Waals surface area contributed by atoms with Gasteiger partial charge in [0.25, 0.3) is 5.56 Å². The summed E-state index contributed by atoms with van der Waals surface area (Å²) in [5.74, 6) is 0.888. The van der Waals surface area contributed by atoms with Gasteiger partial charge in [-0.1, -0.05) is 29.2 Å². The molecule has 0 bridgehead atoms. The zero-order valence-corrected chi connectivity index (χ0v) is 15.7. The van der Waals surface area contributed by atoms with Gasteiger partial charge in [-0.15, -0.1) is 11.8 Å². The van der Waals surface area contributed by atoms with E-state index in [9.17, 15) is 9.59 Å². The van der Waals surface area contributed by atoms with E-state index < -0.39 is 0 Å². The normalized spacial score (nSPS) is 13.2. The third-order valence-electron chi connectivity index (χ3n) is 3.64. The molecule has 3 aromatic rings. The van der Waals surface area contributed by atoms with Crippen LogP contribution in [0.3, 0.4) is 0 Å². The van der Waals surface area contributed by atoms with Gasteiger partial charge in [0.1, 0.15) is 0 Å². The summed E-state index contributed by atoms with van der Waals surface area (Å²) in [7, 11) is 0. The molecule has 0 radical (unpaired) electrons. The number of rotatable bonds is 4. The Bertz CT molecular complexity index is 1030. The van der Waals surface area contributed by atoms with Gasteiger partial charge in [-0.3, -0.25) is 9.59 Å². The lowest BCUT2D eigenvalue weighted by atomic mass is 10.2. The number of carbonyl (C=O) groups excluding carboxylic acids is 1. The SMILES string of the molecule is Cc1ccc2nc(NC(=O)CSc3nc4c(c(=O)[nH]3)SCC4)sc2c1. The van der Waals surface area contributed by atoms with E-state index in [2.05, 4.69) is 26.3 Å². The summed E-state index contributed by atoms with van der Waals surface area (Å²) in [4.78, 5) is 36.4. The monoisotopic (exact) mass is 390 g/mol. The minimum absolute atomic E-state index is 0.114. The van der Waals surface area contributed by atoms with Crippen molar-refractivity contribution in [1.82, 2.24) is 15.0 Å². The van der Waals surface area contributed by atoms with E-state index in [4.69, 9.17) is 0 Å². The van der Waals surface area contributed by atoms with Gasteiger partial charge >= 0.3 is 0 Å². The van der Waals surface area contributed by atoms with Gasteiger partial charge in [0, 0.05) is 12.2 Å². The molecule has 2 N–H and O–H groups in total. The fraction of sp³-hybridized carbons (Fsp3) is 0.250. The summed E-state index contributed by atoms with van der Waals surface area (Å²) in [6.07, 6.45) is 0.800. The molecular formula is C16H14N4O2S3. The fourth-order valence-corrected chi connectivity index (χ4v) is 5.15. The Balaban J connectivity index is 1.42. The van der Waals surface area contributed by atoms with Crippen LogP contribution in [0.4, 0.5) is 5.13 Å². The summed E-state index contributed by atoms with van der Waals surface area (Å²) in [5, 5.41) is 3.88. The summed E-state index contributed by atoms with van der Waals surface area (Å²) >= 11 is 4.21. The Morgan fingerprint density at radius 1 is 1.40 bits per heavy atom. The van der Waals surface area contributed by atoms with Crippen LogP contribution in [0.2, 0.25) is 0 Å². The highest BCUT2D eigenvalue weighted by atomic mass is 32.2. The van der Waals surface area contributed by atoms with Crippen molar-refractivity contribution >= 4 is 56.1 Å². The van der Waals surface area contributed by atoms with Crippen molar-refractivity contribution in [3.05, 3.63) is 39.8 Å². The Morgan fingerprint density at radius 2 is 2.28 bits per heavy atom. The number of anilines is 1. The van der Waals surface area contributed by atoms with Crippen LogP contribution in [0.25, 0.3) is 10.2 Å². The lowest BCUT2D eigenvalue weighted by Crippen LogP contribution is -2.16. The molecule has 0 aliphatic carbocycles. The number of hydrogen-bond donors (Lipinski definition) is 2. The van der Waals surface area contributed by atoms with Gasteiger partial charge in [-0.2, -0.15) is 0 Å². The molecular weight excluding hydrogens is 376 g/mol. The molecule has 0 saturated heterocycles. The predicted molar refractivity (Wildman–Crippen MR) is 103 cm³/mol. The van der Waals surface area contributed by atoms with E-state index in [1.807, 2.05) is 19.1 Å².